The topological polar surface area (TPSA) is 119 Å². The van der Waals surface area contributed by atoms with Crippen LogP contribution < -0.4 is 21.1 Å². The number of methoxy groups -OCH3 is 1. The number of amides is 2. The van der Waals surface area contributed by atoms with Gasteiger partial charge in [-0.15, -0.1) is 11.8 Å². The van der Waals surface area contributed by atoms with Crippen LogP contribution in [0, 0.1) is 6.92 Å². The van der Waals surface area contributed by atoms with E-state index in [2.05, 4.69) is 20.6 Å². The van der Waals surface area contributed by atoms with Gasteiger partial charge in [-0.3, -0.25) is 9.59 Å². The average Bonchev–Trinajstić information content (AvgIpc) is 2.70. The second-order valence-electron chi connectivity index (χ2n) is 6.28. The zero-order valence-corrected chi connectivity index (χ0v) is 18.0. The van der Waals surface area contributed by atoms with Crippen LogP contribution in [-0.4, -0.2) is 48.2 Å². The van der Waals surface area contributed by atoms with E-state index in [1.54, 1.807) is 30.9 Å². The molecule has 0 radical (unpaired) electrons. The molecule has 0 spiro atoms. The fraction of sp³-hybridized carbons (Fsp3) is 0.400. The van der Waals surface area contributed by atoms with Gasteiger partial charge in [-0.05, 0) is 42.9 Å². The van der Waals surface area contributed by atoms with E-state index >= 15 is 0 Å². The van der Waals surface area contributed by atoms with Crippen LogP contribution in [0.2, 0.25) is 0 Å². The van der Waals surface area contributed by atoms with Crippen molar-refractivity contribution >= 4 is 29.5 Å². The van der Waals surface area contributed by atoms with E-state index in [-0.39, 0.29) is 17.8 Å². The van der Waals surface area contributed by atoms with Gasteiger partial charge in [0.1, 0.15) is 10.8 Å². The zero-order chi connectivity index (χ0) is 21.4. The average molecular weight is 418 g/mol. The molecule has 0 saturated heterocycles. The van der Waals surface area contributed by atoms with Crippen molar-refractivity contribution in [3.05, 3.63) is 29.3 Å². The summed E-state index contributed by atoms with van der Waals surface area (Å²) < 4.78 is 5.40. The molecule has 8 nitrogen and oxygen atoms in total. The number of nitrogens with zero attached hydrogens (tertiary/aromatic N) is 2. The first-order valence-corrected chi connectivity index (χ1v) is 10.3. The minimum Gasteiger partial charge on any atom is -0.496 e. The molecule has 0 bridgehead atoms. The number of thioether (sulfide) groups is 1. The van der Waals surface area contributed by atoms with Gasteiger partial charge < -0.3 is 21.1 Å². The van der Waals surface area contributed by atoms with E-state index in [1.807, 2.05) is 19.9 Å². The van der Waals surface area contributed by atoms with Gasteiger partial charge >= 0.3 is 0 Å². The molecule has 0 atom stereocenters. The summed E-state index contributed by atoms with van der Waals surface area (Å²) in [6.07, 6.45) is 0.900. The van der Waals surface area contributed by atoms with Crippen molar-refractivity contribution in [2.45, 2.75) is 31.7 Å². The van der Waals surface area contributed by atoms with Crippen molar-refractivity contribution in [3.8, 4) is 17.0 Å². The Balaban J connectivity index is 2.30. The Morgan fingerprint density at radius 3 is 2.66 bits per heavy atom. The van der Waals surface area contributed by atoms with Gasteiger partial charge in [0.25, 0.3) is 5.91 Å². The highest BCUT2D eigenvalue weighted by atomic mass is 32.2. The number of nitrogens with two attached hydrogens (primary N) is 1. The van der Waals surface area contributed by atoms with Gasteiger partial charge in [-0.25, -0.2) is 9.97 Å². The minimum absolute atomic E-state index is 0.0587. The van der Waals surface area contributed by atoms with Crippen LogP contribution in [0.1, 0.15) is 35.7 Å². The molecule has 1 heterocycles. The first kappa shape index (κ1) is 22.5. The molecule has 2 rings (SSSR count). The third-order valence-electron chi connectivity index (χ3n) is 4.22. The predicted molar refractivity (Wildman–Crippen MR) is 115 cm³/mol. The summed E-state index contributed by atoms with van der Waals surface area (Å²) in [5, 5.41) is 6.17. The Kier molecular flexibility index (Phi) is 8.26. The third-order valence-corrected chi connectivity index (χ3v) is 5.02. The number of carbonyl (C=O) groups excluding carboxylic acids is 2. The van der Waals surface area contributed by atoms with E-state index < -0.39 is 0 Å². The molecule has 0 fully saturated rings. The number of aromatic nitrogens is 2. The van der Waals surface area contributed by atoms with Crippen molar-refractivity contribution in [1.82, 2.24) is 20.6 Å². The minimum atomic E-state index is -0.273. The molecule has 0 unspecified atom stereocenters. The lowest BCUT2D eigenvalue weighted by Gasteiger charge is -2.14. The molecule has 9 heteroatoms. The molecule has 2 amide bonds. The Morgan fingerprint density at radius 2 is 2.00 bits per heavy atom. The summed E-state index contributed by atoms with van der Waals surface area (Å²) in [5.74, 6) is 1.19. The number of benzene rings is 1. The molecule has 0 aliphatic rings. The van der Waals surface area contributed by atoms with Crippen molar-refractivity contribution in [2.75, 3.05) is 32.2 Å². The molecule has 0 aliphatic heterocycles. The summed E-state index contributed by atoms with van der Waals surface area (Å²) in [7, 11) is 3.11. The van der Waals surface area contributed by atoms with Crippen LogP contribution >= 0.6 is 11.8 Å². The van der Waals surface area contributed by atoms with Gasteiger partial charge in [-0.2, -0.15) is 0 Å². The van der Waals surface area contributed by atoms with E-state index in [1.165, 1.54) is 7.11 Å². The number of rotatable bonds is 9. The number of hydrogen-bond donors (Lipinski definition) is 3. The van der Waals surface area contributed by atoms with Crippen molar-refractivity contribution in [2.24, 2.45) is 0 Å². The number of nitrogen functional groups attached to an aromatic ring is 1. The van der Waals surface area contributed by atoms with Crippen LogP contribution in [0.4, 0.5) is 5.95 Å². The molecule has 156 valence electrons. The maximum atomic E-state index is 12.7. The largest absolute Gasteiger partial charge is 0.496 e. The summed E-state index contributed by atoms with van der Waals surface area (Å²) in [6.45, 7) is 4.35. The molecule has 1 aromatic carbocycles. The third kappa shape index (κ3) is 6.08. The maximum absolute atomic E-state index is 12.7. The smallest absolute Gasteiger partial charge is 0.255 e. The van der Waals surface area contributed by atoms with Crippen LogP contribution in [-0.2, 0) is 4.79 Å². The summed E-state index contributed by atoms with van der Waals surface area (Å²) >= 11 is 1.57. The number of nitrogens with one attached hydrogen (secondary N) is 2. The van der Waals surface area contributed by atoms with Crippen molar-refractivity contribution in [3.63, 3.8) is 0 Å². The highest BCUT2D eigenvalue weighted by Crippen LogP contribution is 2.31. The fourth-order valence-corrected chi connectivity index (χ4v) is 3.43. The van der Waals surface area contributed by atoms with E-state index in [0.29, 0.717) is 36.4 Å². The number of anilines is 1. The summed E-state index contributed by atoms with van der Waals surface area (Å²) in [5.41, 5.74) is 8.62. The lowest BCUT2D eigenvalue weighted by Crippen LogP contribution is -2.26. The van der Waals surface area contributed by atoms with Gasteiger partial charge in [0.15, 0.2) is 0 Å². The molecule has 4 N–H and O–H groups in total. The lowest BCUT2D eigenvalue weighted by molar-refractivity contribution is -0.120. The van der Waals surface area contributed by atoms with Gasteiger partial charge in [-0.1, -0.05) is 6.92 Å². The van der Waals surface area contributed by atoms with Crippen molar-refractivity contribution < 1.29 is 14.3 Å². The fourth-order valence-electron chi connectivity index (χ4n) is 2.78. The van der Waals surface area contributed by atoms with E-state index in [0.717, 1.165) is 21.9 Å². The van der Waals surface area contributed by atoms with Crippen LogP contribution in [0.3, 0.4) is 0 Å². The second kappa shape index (κ2) is 10.7. The summed E-state index contributed by atoms with van der Waals surface area (Å²) in [6, 6.07) is 5.43. The Morgan fingerprint density at radius 1 is 1.24 bits per heavy atom. The quantitative estimate of drug-likeness (QED) is 0.326. The van der Waals surface area contributed by atoms with Crippen LogP contribution in [0.25, 0.3) is 11.3 Å². The normalized spacial score (nSPS) is 10.5. The van der Waals surface area contributed by atoms with E-state index in [9.17, 15) is 9.59 Å². The number of aryl methyl sites for hydroxylation is 1. The number of ether oxygens (including phenoxy) is 1. The monoisotopic (exact) mass is 417 g/mol. The molecule has 0 aliphatic carbocycles. The first-order chi connectivity index (χ1) is 13.9. The van der Waals surface area contributed by atoms with Crippen LogP contribution in [0.5, 0.6) is 5.75 Å². The predicted octanol–water partition coefficient (Wildman–Crippen LogP) is 2.41. The highest BCUT2D eigenvalue weighted by Gasteiger charge is 2.17. The molecule has 1 aromatic heterocycles. The Labute approximate surface area is 175 Å². The number of carbonyl (C=O) groups is 2. The van der Waals surface area contributed by atoms with Crippen LogP contribution in [0.15, 0.2) is 23.2 Å². The first-order valence-electron chi connectivity index (χ1n) is 9.34. The second-order valence-corrected chi connectivity index (χ2v) is 7.57. The van der Waals surface area contributed by atoms with Gasteiger partial charge in [0.05, 0.1) is 18.4 Å². The van der Waals surface area contributed by atoms with Gasteiger partial charge in [0, 0.05) is 25.6 Å². The molecular formula is C20H27N5O3S. The lowest BCUT2D eigenvalue weighted by atomic mass is 10.0. The van der Waals surface area contributed by atoms with Crippen molar-refractivity contribution in [1.29, 1.82) is 0 Å². The molecule has 29 heavy (non-hydrogen) atoms. The van der Waals surface area contributed by atoms with Gasteiger partial charge in [0.2, 0.25) is 11.9 Å². The molecular weight excluding hydrogens is 390 g/mol. The zero-order valence-electron chi connectivity index (χ0n) is 17.2. The Bertz CT molecular complexity index is 889. The SMILES string of the molecule is CCSc1cc(-c2cc(C(=O)NCCCC(=O)NC)c(OC)cc2C)nc(N)n1. The van der Waals surface area contributed by atoms with E-state index in [4.69, 9.17) is 10.5 Å². The summed E-state index contributed by atoms with van der Waals surface area (Å²) in [4.78, 5) is 32.6. The Hall–Kier alpha value is -2.81. The standard InChI is InChI=1S/C20H27N5O3S/c1-5-29-18-11-15(24-20(21)25-18)13-10-14(16(28-4)9-12(13)2)19(27)23-8-6-7-17(26)22-3/h9-11H,5-8H2,1-4H3,(H,22,26)(H,23,27)(H2,21,24,25). The number of hydrogen-bond acceptors (Lipinski definition) is 7. The molecule has 0 saturated carbocycles. The maximum Gasteiger partial charge on any atom is 0.255 e. The highest BCUT2D eigenvalue weighted by molar-refractivity contribution is 7.99. The molecule has 2 aromatic rings.